The summed E-state index contributed by atoms with van der Waals surface area (Å²) in [5.74, 6) is 0.0223. The van der Waals surface area contributed by atoms with E-state index in [1.165, 1.54) is 6.07 Å². The van der Waals surface area contributed by atoms with Gasteiger partial charge in [0.25, 0.3) is 11.6 Å². The minimum absolute atomic E-state index is 0.0280. The number of thiocarbonyl (C=S) groups is 1. The highest BCUT2D eigenvalue weighted by Gasteiger charge is 2.16. The Balaban J connectivity index is 2.10. The number of nitrogens with one attached hydrogen (secondary N) is 2. The first-order valence-corrected chi connectivity index (χ1v) is 8.32. The topological polar surface area (TPSA) is 93.5 Å². The van der Waals surface area contributed by atoms with Gasteiger partial charge in [-0.05, 0) is 51.2 Å². The van der Waals surface area contributed by atoms with E-state index in [1.807, 2.05) is 13.8 Å². The Labute approximate surface area is 156 Å². The predicted molar refractivity (Wildman–Crippen MR) is 104 cm³/mol. The van der Waals surface area contributed by atoms with Crippen LogP contribution in [0.15, 0.2) is 42.5 Å². The maximum Gasteiger partial charge on any atom is 0.274 e. The number of rotatable bonds is 5. The summed E-state index contributed by atoms with van der Waals surface area (Å²) in [4.78, 5) is 23.0. The van der Waals surface area contributed by atoms with Crippen LogP contribution in [0.1, 0.15) is 29.8 Å². The molecule has 26 heavy (non-hydrogen) atoms. The first kappa shape index (κ1) is 19.3. The van der Waals surface area contributed by atoms with E-state index in [9.17, 15) is 14.9 Å². The highest BCUT2D eigenvalue weighted by molar-refractivity contribution is 7.80. The van der Waals surface area contributed by atoms with Gasteiger partial charge in [0, 0.05) is 17.3 Å². The standard InChI is InChI=1S/C18H19N3O4S/c1-11(2)25-16-7-5-4-6-14(16)17(22)20-18(26)19-13-9-8-12(3)15(10-13)21(23)24/h4-11H,1-3H3,(H2,19,20,22,26). The molecule has 0 spiro atoms. The van der Waals surface area contributed by atoms with Gasteiger partial charge in [-0.15, -0.1) is 0 Å². The van der Waals surface area contributed by atoms with Crippen molar-refractivity contribution in [3.63, 3.8) is 0 Å². The van der Waals surface area contributed by atoms with Crippen LogP contribution in [0.2, 0.25) is 0 Å². The molecule has 0 bridgehead atoms. The Bertz CT molecular complexity index is 852. The molecule has 0 saturated carbocycles. The second-order valence-electron chi connectivity index (χ2n) is 5.83. The molecule has 2 rings (SSSR count). The van der Waals surface area contributed by atoms with Crippen molar-refractivity contribution in [2.75, 3.05) is 5.32 Å². The Morgan fingerprint density at radius 1 is 1.23 bits per heavy atom. The van der Waals surface area contributed by atoms with Crippen LogP contribution < -0.4 is 15.4 Å². The first-order valence-electron chi connectivity index (χ1n) is 7.91. The molecular weight excluding hydrogens is 354 g/mol. The zero-order valence-electron chi connectivity index (χ0n) is 14.6. The van der Waals surface area contributed by atoms with Gasteiger partial charge in [0.05, 0.1) is 16.6 Å². The van der Waals surface area contributed by atoms with Gasteiger partial charge in [-0.25, -0.2) is 0 Å². The van der Waals surface area contributed by atoms with E-state index in [0.717, 1.165) is 0 Å². The molecule has 0 unspecified atom stereocenters. The number of carbonyl (C=O) groups is 1. The zero-order chi connectivity index (χ0) is 19.3. The van der Waals surface area contributed by atoms with Crippen LogP contribution in [0.5, 0.6) is 5.75 Å². The average Bonchev–Trinajstić information content (AvgIpc) is 2.56. The van der Waals surface area contributed by atoms with Crippen molar-refractivity contribution in [2.24, 2.45) is 0 Å². The fourth-order valence-electron chi connectivity index (χ4n) is 2.23. The Kier molecular flexibility index (Phi) is 6.24. The third-order valence-electron chi connectivity index (χ3n) is 3.39. The van der Waals surface area contributed by atoms with Crippen LogP contribution >= 0.6 is 12.2 Å². The molecule has 0 atom stereocenters. The lowest BCUT2D eigenvalue weighted by atomic mass is 10.2. The molecular formula is C18H19N3O4S. The summed E-state index contributed by atoms with van der Waals surface area (Å²) in [6, 6.07) is 11.5. The molecule has 0 aliphatic rings. The van der Waals surface area contributed by atoms with E-state index >= 15 is 0 Å². The molecule has 0 saturated heterocycles. The van der Waals surface area contributed by atoms with Crippen molar-refractivity contribution >= 4 is 34.6 Å². The van der Waals surface area contributed by atoms with E-state index < -0.39 is 10.8 Å². The molecule has 8 heteroatoms. The van der Waals surface area contributed by atoms with Crippen molar-refractivity contribution in [1.82, 2.24) is 5.32 Å². The van der Waals surface area contributed by atoms with E-state index in [0.29, 0.717) is 22.6 Å². The number of benzene rings is 2. The third-order valence-corrected chi connectivity index (χ3v) is 3.59. The molecule has 0 aliphatic carbocycles. The summed E-state index contributed by atoms with van der Waals surface area (Å²) in [5.41, 5.74) is 1.27. The van der Waals surface area contributed by atoms with Crippen LogP contribution in [0.25, 0.3) is 0 Å². The minimum Gasteiger partial charge on any atom is -0.490 e. The smallest absolute Gasteiger partial charge is 0.274 e. The largest absolute Gasteiger partial charge is 0.490 e. The van der Waals surface area contributed by atoms with Crippen LogP contribution in [-0.2, 0) is 0 Å². The number of hydrogen-bond donors (Lipinski definition) is 2. The maximum absolute atomic E-state index is 12.5. The molecule has 2 aromatic rings. The lowest BCUT2D eigenvalue weighted by Gasteiger charge is -2.15. The summed E-state index contributed by atoms with van der Waals surface area (Å²) < 4.78 is 5.62. The zero-order valence-corrected chi connectivity index (χ0v) is 15.4. The number of ether oxygens (including phenoxy) is 1. The van der Waals surface area contributed by atoms with E-state index in [-0.39, 0.29) is 16.9 Å². The van der Waals surface area contributed by atoms with Crippen molar-refractivity contribution in [3.05, 3.63) is 63.7 Å². The van der Waals surface area contributed by atoms with Crippen LogP contribution in [0.4, 0.5) is 11.4 Å². The van der Waals surface area contributed by atoms with E-state index in [2.05, 4.69) is 10.6 Å². The lowest BCUT2D eigenvalue weighted by Crippen LogP contribution is -2.34. The monoisotopic (exact) mass is 373 g/mol. The first-order chi connectivity index (χ1) is 12.3. The van der Waals surface area contributed by atoms with Crippen LogP contribution in [0.3, 0.4) is 0 Å². The molecule has 0 radical (unpaired) electrons. The summed E-state index contributed by atoms with van der Waals surface area (Å²) in [5, 5.41) is 16.4. The minimum atomic E-state index is -0.471. The van der Waals surface area contributed by atoms with Gasteiger partial charge in [0.1, 0.15) is 5.75 Å². The summed E-state index contributed by atoms with van der Waals surface area (Å²) in [6.07, 6.45) is -0.0814. The van der Waals surface area contributed by atoms with E-state index in [1.54, 1.807) is 43.3 Å². The summed E-state index contributed by atoms with van der Waals surface area (Å²) >= 11 is 5.13. The molecule has 0 aliphatic heterocycles. The molecule has 2 aromatic carbocycles. The quantitative estimate of drug-likeness (QED) is 0.470. The molecule has 7 nitrogen and oxygen atoms in total. The number of anilines is 1. The van der Waals surface area contributed by atoms with Crippen LogP contribution in [0, 0.1) is 17.0 Å². The number of hydrogen-bond acceptors (Lipinski definition) is 5. The number of nitro benzene ring substituents is 1. The third kappa shape index (κ3) is 5.00. The molecule has 2 N–H and O–H groups in total. The molecule has 0 aromatic heterocycles. The summed E-state index contributed by atoms with van der Waals surface area (Å²) in [6.45, 7) is 5.38. The van der Waals surface area contributed by atoms with Gasteiger partial charge in [-0.1, -0.05) is 18.2 Å². The average molecular weight is 373 g/mol. The van der Waals surface area contributed by atoms with Crippen molar-refractivity contribution in [1.29, 1.82) is 0 Å². The van der Waals surface area contributed by atoms with Crippen molar-refractivity contribution in [2.45, 2.75) is 26.9 Å². The van der Waals surface area contributed by atoms with Gasteiger partial charge >= 0.3 is 0 Å². The van der Waals surface area contributed by atoms with Gasteiger partial charge in [-0.3, -0.25) is 20.2 Å². The maximum atomic E-state index is 12.5. The van der Waals surface area contributed by atoms with Crippen molar-refractivity contribution < 1.29 is 14.5 Å². The van der Waals surface area contributed by atoms with Gasteiger partial charge < -0.3 is 10.1 Å². The number of para-hydroxylation sites is 1. The highest BCUT2D eigenvalue weighted by atomic mass is 32.1. The SMILES string of the molecule is Cc1ccc(NC(=S)NC(=O)c2ccccc2OC(C)C)cc1[N+](=O)[O-]. The number of nitrogens with zero attached hydrogens (tertiary/aromatic N) is 1. The van der Waals surface area contributed by atoms with Crippen molar-refractivity contribution in [3.8, 4) is 5.75 Å². The summed E-state index contributed by atoms with van der Waals surface area (Å²) in [7, 11) is 0. The Morgan fingerprint density at radius 2 is 1.92 bits per heavy atom. The second-order valence-corrected chi connectivity index (χ2v) is 6.24. The highest BCUT2D eigenvalue weighted by Crippen LogP contribution is 2.22. The predicted octanol–water partition coefficient (Wildman–Crippen LogP) is 3.82. The number of nitro groups is 1. The molecule has 0 heterocycles. The number of carbonyl (C=O) groups excluding carboxylic acids is 1. The van der Waals surface area contributed by atoms with Gasteiger partial charge in [0.2, 0.25) is 0 Å². The fraction of sp³-hybridized carbons (Fsp3) is 0.222. The molecule has 136 valence electrons. The van der Waals surface area contributed by atoms with Gasteiger partial charge in [-0.2, -0.15) is 0 Å². The molecule has 1 amide bonds. The van der Waals surface area contributed by atoms with Gasteiger partial charge in [0.15, 0.2) is 5.11 Å². The Hall–Kier alpha value is -3.00. The second kappa shape index (κ2) is 8.39. The number of amides is 1. The van der Waals surface area contributed by atoms with E-state index in [4.69, 9.17) is 17.0 Å². The molecule has 0 fully saturated rings. The lowest BCUT2D eigenvalue weighted by molar-refractivity contribution is -0.385. The van der Waals surface area contributed by atoms with Crippen LogP contribution in [-0.4, -0.2) is 22.0 Å². The normalized spacial score (nSPS) is 10.3. The number of aryl methyl sites for hydroxylation is 1. The fourth-order valence-corrected chi connectivity index (χ4v) is 2.44. The Morgan fingerprint density at radius 3 is 2.58 bits per heavy atom.